The summed E-state index contributed by atoms with van der Waals surface area (Å²) in [6.07, 6.45) is -1.95. The van der Waals surface area contributed by atoms with Crippen LogP contribution in [0, 0.1) is 0 Å². The summed E-state index contributed by atoms with van der Waals surface area (Å²) in [4.78, 5) is 24.9. The minimum Gasteiger partial charge on any atom is -0.463 e. The highest BCUT2D eigenvalue weighted by molar-refractivity contribution is 5.66. The first kappa shape index (κ1) is 18.0. The largest absolute Gasteiger partial charge is 0.463 e. The Morgan fingerprint density at radius 1 is 1.41 bits per heavy atom. The van der Waals surface area contributed by atoms with E-state index in [4.69, 9.17) is 19.7 Å². The van der Waals surface area contributed by atoms with Gasteiger partial charge in [0, 0.05) is 18.8 Å². The predicted molar refractivity (Wildman–Crippen MR) is 74.6 cm³/mol. The van der Waals surface area contributed by atoms with Gasteiger partial charge in [0.25, 0.3) is 0 Å². The molecule has 1 aliphatic rings. The lowest BCUT2D eigenvalue weighted by molar-refractivity contribution is -0.207. The van der Waals surface area contributed by atoms with Crippen molar-refractivity contribution in [2.75, 3.05) is 6.61 Å². The van der Waals surface area contributed by atoms with E-state index in [0.29, 0.717) is 6.42 Å². The van der Waals surface area contributed by atoms with Gasteiger partial charge >= 0.3 is 11.9 Å². The molecule has 0 aromatic heterocycles. The molecule has 9 heteroatoms. The molecular formula is C13H19N3O6. The van der Waals surface area contributed by atoms with Gasteiger partial charge in [-0.15, -0.1) is 6.58 Å². The van der Waals surface area contributed by atoms with Gasteiger partial charge in [0.05, 0.1) is 12.2 Å². The van der Waals surface area contributed by atoms with Crippen LogP contribution in [0.1, 0.15) is 20.3 Å². The van der Waals surface area contributed by atoms with Crippen molar-refractivity contribution < 1.29 is 28.9 Å². The third-order valence-electron chi connectivity index (χ3n) is 3.12. The number of carbonyl (C=O) groups is 2. The minimum atomic E-state index is -1.17. The minimum absolute atomic E-state index is 0.189. The number of carbonyl (C=O) groups excluding carboxylic acids is 2. The molecule has 1 aliphatic heterocycles. The standard InChI is InChI=1S/C13H19N3O6/c1-4-5-9-12(19)11(15-16-14)13(21-8(3)18)10(22-9)6-20-7(2)17/h4,9-13,19H,1,5-6H2,2-3H3/t9-,10-,11?,12+,13+/m1/s1. The second-order valence-corrected chi connectivity index (χ2v) is 4.80. The Bertz CT molecular complexity index is 476. The molecule has 0 spiro atoms. The topological polar surface area (TPSA) is 131 Å². The maximum absolute atomic E-state index is 11.2. The maximum Gasteiger partial charge on any atom is 0.303 e. The summed E-state index contributed by atoms with van der Waals surface area (Å²) in [6, 6.07) is -1.05. The van der Waals surface area contributed by atoms with Crippen molar-refractivity contribution in [2.24, 2.45) is 5.11 Å². The Morgan fingerprint density at radius 3 is 2.59 bits per heavy atom. The zero-order valence-electron chi connectivity index (χ0n) is 12.4. The fourth-order valence-corrected chi connectivity index (χ4v) is 2.24. The summed E-state index contributed by atoms with van der Waals surface area (Å²) in [5, 5.41) is 13.7. The van der Waals surface area contributed by atoms with Gasteiger partial charge < -0.3 is 19.3 Å². The van der Waals surface area contributed by atoms with Crippen LogP contribution in [0.4, 0.5) is 0 Å². The van der Waals surface area contributed by atoms with Crippen LogP contribution in [0.3, 0.4) is 0 Å². The third kappa shape index (κ3) is 4.73. The Balaban J connectivity index is 3.04. The first-order chi connectivity index (χ1) is 10.4. The molecule has 5 atom stereocenters. The fraction of sp³-hybridized carbons (Fsp3) is 0.692. The van der Waals surface area contributed by atoms with Crippen LogP contribution in [-0.2, 0) is 23.8 Å². The highest BCUT2D eigenvalue weighted by Crippen LogP contribution is 2.28. The van der Waals surface area contributed by atoms with Crippen molar-refractivity contribution in [3.8, 4) is 0 Å². The van der Waals surface area contributed by atoms with Crippen LogP contribution in [0.25, 0.3) is 10.4 Å². The number of rotatable bonds is 6. The summed E-state index contributed by atoms with van der Waals surface area (Å²) >= 11 is 0. The lowest BCUT2D eigenvalue weighted by Gasteiger charge is -2.42. The third-order valence-corrected chi connectivity index (χ3v) is 3.12. The molecule has 9 nitrogen and oxygen atoms in total. The SMILES string of the molecule is C=CC[C@H]1O[C@H](COC(C)=O)[C@H](OC(C)=O)C(N=[N+]=[N-])[C@H]1O. The number of azide groups is 1. The van der Waals surface area contributed by atoms with Crippen molar-refractivity contribution >= 4 is 11.9 Å². The summed E-state index contributed by atoms with van der Waals surface area (Å²) in [6.45, 7) is 5.78. The molecule has 1 rings (SSSR count). The van der Waals surface area contributed by atoms with Crippen LogP contribution in [0.15, 0.2) is 17.8 Å². The van der Waals surface area contributed by atoms with Gasteiger partial charge in [0.15, 0.2) is 0 Å². The maximum atomic E-state index is 11.2. The summed E-state index contributed by atoms with van der Waals surface area (Å²) in [5.74, 6) is -1.16. The molecular weight excluding hydrogens is 294 g/mol. The Morgan fingerprint density at radius 2 is 2.09 bits per heavy atom. The molecule has 0 aliphatic carbocycles. The van der Waals surface area contributed by atoms with Crippen molar-refractivity contribution in [3.05, 3.63) is 23.1 Å². The average Bonchev–Trinajstić information content (AvgIpc) is 2.44. The van der Waals surface area contributed by atoms with Gasteiger partial charge in [0.2, 0.25) is 0 Å². The molecule has 0 radical (unpaired) electrons. The number of aliphatic hydroxyl groups excluding tert-OH is 1. The van der Waals surface area contributed by atoms with E-state index in [1.54, 1.807) is 0 Å². The fourth-order valence-electron chi connectivity index (χ4n) is 2.24. The van der Waals surface area contributed by atoms with E-state index in [1.807, 2.05) is 0 Å². The first-order valence-electron chi connectivity index (χ1n) is 6.70. The van der Waals surface area contributed by atoms with Gasteiger partial charge in [-0.1, -0.05) is 11.2 Å². The summed E-state index contributed by atoms with van der Waals surface area (Å²) in [5.41, 5.74) is 8.67. The number of aliphatic hydroxyl groups is 1. The zero-order chi connectivity index (χ0) is 16.7. The molecule has 0 saturated carbocycles. The molecule has 22 heavy (non-hydrogen) atoms. The van der Waals surface area contributed by atoms with Crippen LogP contribution >= 0.6 is 0 Å². The van der Waals surface area contributed by atoms with Gasteiger partial charge in [0.1, 0.15) is 24.9 Å². The van der Waals surface area contributed by atoms with Gasteiger partial charge in [-0.25, -0.2) is 0 Å². The lowest BCUT2D eigenvalue weighted by Crippen LogP contribution is -2.59. The van der Waals surface area contributed by atoms with Gasteiger partial charge in [-0.2, -0.15) is 0 Å². The number of nitrogens with zero attached hydrogens (tertiary/aromatic N) is 3. The number of ether oxygens (including phenoxy) is 3. The Kier molecular flexibility index (Phi) is 6.84. The Labute approximate surface area is 127 Å². The summed E-state index contributed by atoms with van der Waals surface area (Å²) < 4.78 is 15.6. The van der Waals surface area contributed by atoms with E-state index in [-0.39, 0.29) is 6.61 Å². The van der Waals surface area contributed by atoms with Crippen LogP contribution in [-0.4, -0.2) is 54.1 Å². The molecule has 0 aromatic carbocycles. The van der Waals surface area contributed by atoms with Gasteiger partial charge in [-0.05, 0) is 12.0 Å². The van der Waals surface area contributed by atoms with Crippen molar-refractivity contribution in [3.63, 3.8) is 0 Å². The molecule has 1 fully saturated rings. The monoisotopic (exact) mass is 313 g/mol. The smallest absolute Gasteiger partial charge is 0.303 e. The molecule has 1 heterocycles. The zero-order valence-corrected chi connectivity index (χ0v) is 12.4. The quantitative estimate of drug-likeness (QED) is 0.254. The number of hydrogen-bond donors (Lipinski definition) is 1. The van der Waals surface area contributed by atoms with Crippen LogP contribution in [0.5, 0.6) is 0 Å². The number of hydrogen-bond acceptors (Lipinski definition) is 7. The molecule has 1 N–H and O–H groups in total. The highest BCUT2D eigenvalue weighted by Gasteiger charge is 2.46. The summed E-state index contributed by atoms with van der Waals surface area (Å²) in [7, 11) is 0. The second-order valence-electron chi connectivity index (χ2n) is 4.80. The lowest BCUT2D eigenvalue weighted by atomic mass is 9.91. The van der Waals surface area contributed by atoms with Crippen molar-refractivity contribution in [1.29, 1.82) is 0 Å². The van der Waals surface area contributed by atoms with E-state index in [2.05, 4.69) is 16.6 Å². The molecule has 0 aromatic rings. The molecule has 0 amide bonds. The van der Waals surface area contributed by atoms with Crippen LogP contribution in [0.2, 0.25) is 0 Å². The molecule has 1 saturated heterocycles. The molecule has 0 bridgehead atoms. The molecule has 1 unspecified atom stereocenters. The van der Waals surface area contributed by atoms with Crippen LogP contribution < -0.4 is 0 Å². The van der Waals surface area contributed by atoms with E-state index in [0.717, 1.165) is 0 Å². The highest BCUT2D eigenvalue weighted by atomic mass is 16.6. The van der Waals surface area contributed by atoms with E-state index >= 15 is 0 Å². The van der Waals surface area contributed by atoms with Crippen molar-refractivity contribution in [1.82, 2.24) is 0 Å². The second kappa shape index (κ2) is 8.38. The van der Waals surface area contributed by atoms with Crippen molar-refractivity contribution in [2.45, 2.75) is 50.7 Å². The first-order valence-corrected chi connectivity index (χ1v) is 6.70. The van der Waals surface area contributed by atoms with E-state index < -0.39 is 42.4 Å². The Hall–Kier alpha value is -2.09. The van der Waals surface area contributed by atoms with E-state index in [9.17, 15) is 14.7 Å². The normalized spacial score (nSPS) is 30.8. The average molecular weight is 313 g/mol. The number of esters is 2. The predicted octanol–water partition coefficient (Wildman–Crippen LogP) is 0.864. The van der Waals surface area contributed by atoms with E-state index in [1.165, 1.54) is 19.9 Å². The molecule has 122 valence electrons. The van der Waals surface area contributed by atoms with Gasteiger partial charge in [-0.3, -0.25) is 9.59 Å².